The predicted octanol–water partition coefficient (Wildman–Crippen LogP) is 1.78. The number of aliphatic hydroxyl groups is 1. The molecule has 2 rings (SSSR count). The average molecular weight is 362 g/mol. The van der Waals surface area contributed by atoms with Crippen LogP contribution in [0.25, 0.3) is 0 Å². The maximum Gasteiger partial charge on any atom is 0.337 e. The van der Waals surface area contributed by atoms with Gasteiger partial charge in [0, 0.05) is 12.2 Å². The van der Waals surface area contributed by atoms with E-state index < -0.39 is 5.97 Å². The number of carbonyl (C=O) groups is 2. The van der Waals surface area contributed by atoms with Crippen molar-refractivity contribution in [3.8, 4) is 5.75 Å². The summed E-state index contributed by atoms with van der Waals surface area (Å²) in [4.78, 5) is 25.8. The first-order valence-corrected chi connectivity index (χ1v) is 8.46. The topological polar surface area (TPSA) is 88.1 Å². The molecule has 26 heavy (non-hydrogen) atoms. The van der Waals surface area contributed by atoms with Crippen LogP contribution in [-0.2, 0) is 14.3 Å². The number of ether oxygens (including phenoxy) is 2. The van der Waals surface area contributed by atoms with Crippen LogP contribution in [0.3, 0.4) is 0 Å². The average Bonchev–Trinajstić information content (AvgIpc) is 2.90. The van der Waals surface area contributed by atoms with Crippen molar-refractivity contribution in [1.29, 1.82) is 0 Å². The number of hydrogen-bond donors (Lipinski definition) is 2. The molecule has 1 amide bonds. The number of rotatable bonds is 7. The van der Waals surface area contributed by atoms with E-state index in [-0.39, 0.29) is 42.3 Å². The van der Waals surface area contributed by atoms with Crippen molar-refractivity contribution in [3.63, 3.8) is 0 Å². The molecule has 1 aliphatic heterocycles. The number of amides is 1. The van der Waals surface area contributed by atoms with Crippen molar-refractivity contribution in [2.75, 3.05) is 38.7 Å². The normalized spacial score (nSPS) is 14.7. The van der Waals surface area contributed by atoms with E-state index in [1.807, 2.05) is 0 Å². The van der Waals surface area contributed by atoms with E-state index in [9.17, 15) is 9.59 Å². The first kappa shape index (κ1) is 19.8. The van der Waals surface area contributed by atoms with Crippen LogP contribution < -0.4 is 10.1 Å². The highest BCUT2D eigenvalue weighted by atomic mass is 16.5. The fourth-order valence-corrected chi connectivity index (χ4v) is 2.43. The largest absolute Gasteiger partial charge is 0.493 e. The molecule has 0 saturated carbocycles. The number of nitrogens with zero attached hydrogens (tertiary/aromatic N) is 1. The second-order valence-electron chi connectivity index (χ2n) is 7.29. The quantitative estimate of drug-likeness (QED) is 0.719. The Morgan fingerprint density at radius 2 is 1.92 bits per heavy atom. The van der Waals surface area contributed by atoms with Gasteiger partial charge in [-0.2, -0.15) is 0 Å². The lowest BCUT2D eigenvalue weighted by Crippen LogP contribution is -2.31. The fourth-order valence-electron chi connectivity index (χ4n) is 2.43. The minimum absolute atomic E-state index is 0.0591. The molecule has 0 radical (unpaired) electrons. The van der Waals surface area contributed by atoms with Gasteiger partial charge >= 0.3 is 5.97 Å². The Labute approximate surface area is 153 Å². The summed E-state index contributed by atoms with van der Waals surface area (Å²) < 4.78 is 10.5. The predicted molar refractivity (Wildman–Crippen MR) is 97.7 cm³/mol. The minimum Gasteiger partial charge on any atom is -0.493 e. The molecular weight excluding hydrogens is 336 g/mol. The number of β-amino-alcohol motifs (C(OH)–C–C–N with tert-alkyl or cyclic N) is 1. The number of carbonyl (C=O) groups excluding carboxylic acids is 2. The third-order valence-electron chi connectivity index (χ3n) is 3.75. The molecule has 1 heterocycles. The van der Waals surface area contributed by atoms with Crippen LogP contribution in [0.15, 0.2) is 35.5 Å². The summed E-state index contributed by atoms with van der Waals surface area (Å²) in [5.41, 5.74) is 1.14. The molecule has 0 fully saturated rings. The fraction of sp³-hybridized carbons (Fsp3) is 0.474. The summed E-state index contributed by atoms with van der Waals surface area (Å²) in [6.45, 7) is 6.96. The molecule has 7 nitrogen and oxygen atoms in total. The molecule has 1 aromatic carbocycles. The highest BCUT2D eigenvalue weighted by Crippen LogP contribution is 2.24. The van der Waals surface area contributed by atoms with Crippen LogP contribution in [-0.4, -0.2) is 55.3 Å². The van der Waals surface area contributed by atoms with E-state index in [4.69, 9.17) is 14.6 Å². The summed E-state index contributed by atoms with van der Waals surface area (Å²) in [7, 11) is 1.27. The Kier molecular flexibility index (Phi) is 6.26. The van der Waals surface area contributed by atoms with Gasteiger partial charge in [-0.1, -0.05) is 20.8 Å². The van der Waals surface area contributed by atoms with Gasteiger partial charge in [0.1, 0.15) is 11.4 Å². The van der Waals surface area contributed by atoms with Crippen molar-refractivity contribution >= 4 is 17.6 Å². The molecule has 0 atom stereocenters. The summed E-state index contributed by atoms with van der Waals surface area (Å²) >= 11 is 0. The zero-order valence-electron chi connectivity index (χ0n) is 15.7. The molecule has 142 valence electrons. The van der Waals surface area contributed by atoms with E-state index in [1.54, 1.807) is 24.3 Å². The zero-order chi connectivity index (χ0) is 19.3. The van der Waals surface area contributed by atoms with Crippen LogP contribution in [0.1, 0.15) is 20.8 Å². The Morgan fingerprint density at radius 1 is 1.27 bits per heavy atom. The number of methoxy groups -OCH3 is 1. The Balaban J connectivity index is 2.13. The van der Waals surface area contributed by atoms with Gasteiger partial charge in [-0.15, -0.1) is 0 Å². The molecule has 0 aliphatic carbocycles. The lowest BCUT2D eigenvalue weighted by Gasteiger charge is -2.19. The Morgan fingerprint density at radius 3 is 2.46 bits per heavy atom. The van der Waals surface area contributed by atoms with Crippen LogP contribution in [0, 0.1) is 5.41 Å². The molecule has 0 spiro atoms. The molecule has 1 aliphatic rings. The number of anilines is 1. The van der Waals surface area contributed by atoms with Gasteiger partial charge in [0.05, 0.1) is 32.4 Å². The lowest BCUT2D eigenvalue weighted by molar-refractivity contribution is -0.136. The van der Waals surface area contributed by atoms with Crippen LogP contribution >= 0.6 is 0 Å². The maximum absolute atomic E-state index is 12.5. The number of aliphatic hydroxyl groups excluding tert-OH is 1. The standard InChI is InChI=1S/C19H26N2O5/c1-19(2,3)12-26-14-7-5-13(6-8-14)20-16-15(18(24)25-4)11-21(9-10-22)17(16)23/h5-8,20,22H,9-12H2,1-4H3. The SMILES string of the molecule is COC(=O)C1=C(Nc2ccc(OCC(C)(C)C)cc2)C(=O)N(CCO)C1. The zero-order valence-corrected chi connectivity index (χ0v) is 15.7. The minimum atomic E-state index is -0.563. The Bertz CT molecular complexity index is 689. The summed E-state index contributed by atoms with van der Waals surface area (Å²) in [5, 5.41) is 12.1. The van der Waals surface area contributed by atoms with Gasteiger partial charge in [0.15, 0.2) is 0 Å². The van der Waals surface area contributed by atoms with E-state index in [0.29, 0.717) is 12.3 Å². The number of esters is 1. The van der Waals surface area contributed by atoms with Crippen LogP contribution in [0.4, 0.5) is 5.69 Å². The van der Waals surface area contributed by atoms with E-state index in [1.165, 1.54) is 12.0 Å². The lowest BCUT2D eigenvalue weighted by atomic mass is 9.99. The van der Waals surface area contributed by atoms with Gasteiger partial charge < -0.3 is 24.8 Å². The van der Waals surface area contributed by atoms with E-state index in [0.717, 1.165) is 5.75 Å². The second kappa shape index (κ2) is 8.23. The van der Waals surface area contributed by atoms with Crippen molar-refractivity contribution in [2.24, 2.45) is 5.41 Å². The highest BCUT2D eigenvalue weighted by Gasteiger charge is 2.34. The molecule has 0 aromatic heterocycles. The van der Waals surface area contributed by atoms with Crippen LogP contribution in [0.2, 0.25) is 0 Å². The molecule has 2 N–H and O–H groups in total. The number of nitrogens with one attached hydrogen (secondary N) is 1. The monoisotopic (exact) mass is 362 g/mol. The van der Waals surface area contributed by atoms with Crippen molar-refractivity contribution in [3.05, 3.63) is 35.5 Å². The molecule has 0 bridgehead atoms. The van der Waals surface area contributed by atoms with Crippen molar-refractivity contribution in [2.45, 2.75) is 20.8 Å². The third kappa shape index (κ3) is 4.98. The summed E-state index contributed by atoms with van der Waals surface area (Å²) in [6, 6.07) is 7.17. The third-order valence-corrected chi connectivity index (χ3v) is 3.75. The van der Waals surface area contributed by atoms with Gasteiger partial charge in [0.25, 0.3) is 5.91 Å². The summed E-state index contributed by atoms with van der Waals surface area (Å²) in [6.07, 6.45) is 0. The Hall–Kier alpha value is -2.54. The van der Waals surface area contributed by atoms with Gasteiger partial charge in [-0.25, -0.2) is 4.79 Å². The first-order valence-electron chi connectivity index (χ1n) is 8.46. The number of benzene rings is 1. The summed E-state index contributed by atoms with van der Waals surface area (Å²) in [5.74, 6) is -0.175. The van der Waals surface area contributed by atoms with Crippen molar-refractivity contribution in [1.82, 2.24) is 4.90 Å². The van der Waals surface area contributed by atoms with Crippen LogP contribution in [0.5, 0.6) is 5.75 Å². The molecular formula is C19H26N2O5. The van der Waals surface area contributed by atoms with Gasteiger partial charge in [0.2, 0.25) is 0 Å². The van der Waals surface area contributed by atoms with Gasteiger partial charge in [-0.05, 0) is 29.7 Å². The van der Waals surface area contributed by atoms with E-state index >= 15 is 0 Å². The van der Waals surface area contributed by atoms with E-state index in [2.05, 4.69) is 26.1 Å². The molecule has 7 heteroatoms. The first-order chi connectivity index (χ1) is 12.2. The molecule has 1 aromatic rings. The number of hydrogen-bond acceptors (Lipinski definition) is 6. The maximum atomic E-state index is 12.5. The molecule has 0 saturated heterocycles. The van der Waals surface area contributed by atoms with Gasteiger partial charge in [-0.3, -0.25) is 4.79 Å². The second-order valence-corrected chi connectivity index (χ2v) is 7.29. The highest BCUT2D eigenvalue weighted by molar-refractivity contribution is 6.08. The molecule has 0 unspecified atom stereocenters. The smallest absolute Gasteiger partial charge is 0.337 e. The van der Waals surface area contributed by atoms with Crippen molar-refractivity contribution < 1.29 is 24.2 Å².